The largest absolute Gasteiger partial charge is 0.284 e. The maximum absolute atomic E-state index is 13.2. The number of para-hydroxylation sites is 1. The second kappa shape index (κ2) is 9.06. The predicted octanol–water partition coefficient (Wildman–Crippen LogP) is 5.81. The number of carbonyl (C=O) groups excluding carboxylic acids is 1. The lowest BCUT2D eigenvalue weighted by Crippen LogP contribution is -2.16. The van der Waals surface area contributed by atoms with Crippen molar-refractivity contribution in [3.8, 4) is 6.07 Å². The molecule has 4 rings (SSSR count). The van der Waals surface area contributed by atoms with Gasteiger partial charge in [0.1, 0.15) is 11.1 Å². The van der Waals surface area contributed by atoms with Crippen molar-refractivity contribution in [3.05, 3.63) is 58.9 Å². The van der Waals surface area contributed by atoms with Crippen molar-refractivity contribution in [2.24, 2.45) is 5.92 Å². The zero-order valence-corrected chi connectivity index (χ0v) is 18.5. The minimum absolute atomic E-state index is 0.138. The number of aryl methyl sites for hydroxylation is 1. The predicted molar refractivity (Wildman–Crippen MR) is 122 cm³/mol. The maximum atomic E-state index is 13.2. The molecule has 0 radical (unpaired) electrons. The summed E-state index contributed by atoms with van der Waals surface area (Å²) in [5.41, 5.74) is 5.18. The number of hydrogen-bond acceptors (Lipinski definition) is 4. The lowest BCUT2D eigenvalue weighted by atomic mass is 9.95. The topological polar surface area (TPSA) is 58.7 Å². The summed E-state index contributed by atoms with van der Waals surface area (Å²) in [5.74, 6) is 1.27. The second-order valence-electron chi connectivity index (χ2n) is 8.34. The molecule has 5 heteroatoms. The normalized spacial score (nSPS) is 13.4. The minimum atomic E-state index is 0.138. The Morgan fingerprint density at radius 1 is 1.20 bits per heavy atom. The number of hydrogen-bond donors (Lipinski definition) is 0. The van der Waals surface area contributed by atoms with E-state index in [1.807, 2.05) is 22.8 Å². The van der Waals surface area contributed by atoms with E-state index in [1.165, 1.54) is 34.8 Å². The van der Waals surface area contributed by atoms with Gasteiger partial charge in [-0.15, -0.1) is 11.8 Å². The van der Waals surface area contributed by atoms with Crippen LogP contribution in [0.4, 0.5) is 0 Å². The fourth-order valence-corrected chi connectivity index (χ4v) is 5.25. The molecule has 0 saturated carbocycles. The van der Waals surface area contributed by atoms with Crippen molar-refractivity contribution >= 4 is 28.6 Å². The van der Waals surface area contributed by atoms with E-state index in [1.54, 1.807) is 0 Å². The fraction of sp³-hybridized carbons (Fsp3) is 0.400. The van der Waals surface area contributed by atoms with E-state index in [4.69, 9.17) is 0 Å². The zero-order chi connectivity index (χ0) is 21.1. The molecule has 0 aliphatic heterocycles. The maximum Gasteiger partial charge on any atom is 0.232 e. The summed E-state index contributed by atoms with van der Waals surface area (Å²) < 4.78 is 1.96. The van der Waals surface area contributed by atoms with Gasteiger partial charge in [-0.25, -0.2) is 4.98 Å². The summed E-state index contributed by atoms with van der Waals surface area (Å²) in [6.45, 7) is 4.32. The van der Waals surface area contributed by atoms with Crippen molar-refractivity contribution in [1.82, 2.24) is 9.55 Å². The van der Waals surface area contributed by atoms with Gasteiger partial charge in [0.15, 0.2) is 0 Å². The Bertz CT molecular complexity index is 1120. The molecule has 0 fully saturated rings. The van der Waals surface area contributed by atoms with Crippen LogP contribution in [-0.4, -0.2) is 21.2 Å². The SMILES string of the molecule is CC(C)Cc1ccc(C#N)c(SCCC(=O)n2c3c(c4ccccc42)CCCC3)n1. The number of carbonyl (C=O) groups is 1. The molecule has 154 valence electrons. The Morgan fingerprint density at radius 2 is 2.00 bits per heavy atom. The van der Waals surface area contributed by atoms with Crippen molar-refractivity contribution in [2.45, 2.75) is 57.4 Å². The molecule has 1 aliphatic rings. The lowest BCUT2D eigenvalue weighted by Gasteiger charge is -2.15. The fourth-order valence-electron chi connectivity index (χ4n) is 4.33. The molecule has 0 amide bonds. The Kier molecular flexibility index (Phi) is 6.24. The van der Waals surface area contributed by atoms with Crippen molar-refractivity contribution in [3.63, 3.8) is 0 Å². The van der Waals surface area contributed by atoms with Gasteiger partial charge in [0, 0.05) is 28.9 Å². The smallest absolute Gasteiger partial charge is 0.232 e. The Morgan fingerprint density at radius 3 is 2.80 bits per heavy atom. The van der Waals surface area contributed by atoms with Gasteiger partial charge in [0.05, 0.1) is 11.1 Å². The van der Waals surface area contributed by atoms with Gasteiger partial charge in [-0.3, -0.25) is 9.36 Å². The molecular weight excluding hydrogens is 390 g/mol. The lowest BCUT2D eigenvalue weighted by molar-refractivity contribution is 0.0912. The van der Waals surface area contributed by atoms with Crippen molar-refractivity contribution in [2.75, 3.05) is 5.75 Å². The number of nitriles is 1. The molecule has 0 saturated heterocycles. The van der Waals surface area contributed by atoms with Gasteiger partial charge in [0.25, 0.3) is 0 Å². The third-order valence-electron chi connectivity index (χ3n) is 5.64. The molecule has 0 N–H and O–H groups in total. The van der Waals surface area contributed by atoms with Crippen LogP contribution in [0.25, 0.3) is 10.9 Å². The molecule has 0 unspecified atom stereocenters. The highest BCUT2D eigenvalue weighted by Gasteiger charge is 2.23. The molecule has 30 heavy (non-hydrogen) atoms. The van der Waals surface area contributed by atoms with Crippen LogP contribution in [0.2, 0.25) is 0 Å². The third kappa shape index (κ3) is 4.15. The first-order chi connectivity index (χ1) is 14.6. The molecule has 1 aromatic carbocycles. The molecule has 2 heterocycles. The van der Waals surface area contributed by atoms with Crippen LogP contribution < -0.4 is 0 Å². The standard InChI is InChI=1S/C25H27N3OS/c1-17(2)15-19-12-11-18(16-26)25(27-19)30-14-13-24(29)28-22-9-5-3-7-20(22)21-8-4-6-10-23(21)28/h3,5,7,9,11-12,17H,4,6,8,10,13-15H2,1-2H3. The highest BCUT2D eigenvalue weighted by atomic mass is 32.2. The molecule has 0 bridgehead atoms. The van der Waals surface area contributed by atoms with Gasteiger partial charge in [-0.2, -0.15) is 5.26 Å². The van der Waals surface area contributed by atoms with Gasteiger partial charge in [-0.1, -0.05) is 32.0 Å². The molecular formula is C25H27N3OS. The average molecular weight is 418 g/mol. The van der Waals surface area contributed by atoms with Gasteiger partial charge >= 0.3 is 0 Å². The number of aromatic nitrogens is 2. The van der Waals surface area contributed by atoms with E-state index in [2.05, 4.69) is 43.1 Å². The number of pyridine rings is 1. The molecule has 2 aromatic heterocycles. The number of thioether (sulfide) groups is 1. The second-order valence-corrected chi connectivity index (χ2v) is 9.43. The van der Waals surface area contributed by atoms with Crippen LogP contribution in [0.1, 0.15) is 60.4 Å². The van der Waals surface area contributed by atoms with Crippen LogP contribution >= 0.6 is 11.8 Å². The first kappa shape index (κ1) is 20.7. The number of fused-ring (bicyclic) bond motifs is 3. The molecule has 0 atom stereocenters. The first-order valence-corrected chi connectivity index (χ1v) is 11.7. The van der Waals surface area contributed by atoms with Crippen molar-refractivity contribution in [1.29, 1.82) is 5.26 Å². The van der Waals surface area contributed by atoms with E-state index in [0.29, 0.717) is 23.7 Å². The monoisotopic (exact) mass is 417 g/mol. The summed E-state index contributed by atoms with van der Waals surface area (Å²) in [7, 11) is 0. The number of rotatable bonds is 6. The van der Waals surface area contributed by atoms with E-state index in [9.17, 15) is 10.1 Å². The Hall–Kier alpha value is -2.58. The van der Waals surface area contributed by atoms with Crippen LogP contribution in [-0.2, 0) is 19.3 Å². The summed E-state index contributed by atoms with van der Waals surface area (Å²) in [5, 5.41) is 11.4. The summed E-state index contributed by atoms with van der Waals surface area (Å²) in [6.07, 6.45) is 5.68. The van der Waals surface area contributed by atoms with Gasteiger partial charge in [0.2, 0.25) is 5.91 Å². The first-order valence-electron chi connectivity index (χ1n) is 10.8. The number of benzene rings is 1. The number of nitrogens with zero attached hydrogens (tertiary/aromatic N) is 3. The molecule has 1 aliphatic carbocycles. The van der Waals surface area contributed by atoms with Crippen LogP contribution in [0, 0.1) is 17.2 Å². The Balaban J connectivity index is 1.52. The van der Waals surface area contributed by atoms with E-state index in [0.717, 1.165) is 41.9 Å². The molecule has 4 nitrogen and oxygen atoms in total. The highest BCUT2D eigenvalue weighted by molar-refractivity contribution is 7.99. The highest BCUT2D eigenvalue weighted by Crippen LogP contribution is 2.32. The minimum Gasteiger partial charge on any atom is -0.284 e. The van der Waals surface area contributed by atoms with Crippen LogP contribution in [0.3, 0.4) is 0 Å². The molecule has 3 aromatic rings. The summed E-state index contributed by atoms with van der Waals surface area (Å²) >= 11 is 1.51. The van der Waals surface area contributed by atoms with Crippen LogP contribution in [0.15, 0.2) is 41.4 Å². The summed E-state index contributed by atoms with van der Waals surface area (Å²) in [4.78, 5) is 17.9. The van der Waals surface area contributed by atoms with Crippen LogP contribution in [0.5, 0.6) is 0 Å². The Labute approximate surface area is 182 Å². The average Bonchev–Trinajstić information content (AvgIpc) is 3.08. The summed E-state index contributed by atoms with van der Waals surface area (Å²) in [6, 6.07) is 14.3. The van der Waals surface area contributed by atoms with Crippen molar-refractivity contribution < 1.29 is 4.79 Å². The van der Waals surface area contributed by atoms with Gasteiger partial charge in [-0.05, 0) is 61.8 Å². The van der Waals surface area contributed by atoms with E-state index < -0.39 is 0 Å². The molecule has 0 spiro atoms. The van der Waals surface area contributed by atoms with E-state index in [-0.39, 0.29) is 5.91 Å². The van der Waals surface area contributed by atoms with E-state index >= 15 is 0 Å². The third-order valence-corrected chi connectivity index (χ3v) is 6.63. The zero-order valence-electron chi connectivity index (χ0n) is 17.6. The van der Waals surface area contributed by atoms with Gasteiger partial charge < -0.3 is 0 Å². The quantitative estimate of drug-likeness (QED) is 0.475.